The quantitative estimate of drug-likeness (QED) is 0.541. The van der Waals surface area contributed by atoms with Crippen molar-refractivity contribution in [3.63, 3.8) is 0 Å². The molecule has 2 aromatic rings. The Morgan fingerprint density at radius 2 is 2.09 bits per heavy atom. The summed E-state index contributed by atoms with van der Waals surface area (Å²) in [4.78, 5) is 3.02. The van der Waals surface area contributed by atoms with Gasteiger partial charge in [0.15, 0.2) is 0 Å². The maximum absolute atomic E-state index is 8.65. The van der Waals surface area contributed by atoms with E-state index in [9.17, 15) is 0 Å². The summed E-state index contributed by atoms with van der Waals surface area (Å²) >= 11 is 0. The van der Waals surface area contributed by atoms with Gasteiger partial charge in [-0.2, -0.15) is 0 Å². The SMILES string of the molecule is ONc1c[nH]c2ccccc12. The van der Waals surface area contributed by atoms with Crippen LogP contribution < -0.4 is 5.48 Å². The first-order valence-electron chi connectivity index (χ1n) is 3.38. The Kier molecular flexibility index (Phi) is 1.30. The molecule has 0 spiro atoms. The molecule has 1 aromatic carbocycles. The molecule has 2 rings (SSSR count). The van der Waals surface area contributed by atoms with E-state index >= 15 is 0 Å². The lowest BCUT2D eigenvalue weighted by atomic mass is 10.2. The molecule has 3 heteroatoms. The van der Waals surface area contributed by atoms with Crippen LogP contribution in [0.1, 0.15) is 0 Å². The third kappa shape index (κ3) is 0.860. The summed E-state index contributed by atoms with van der Waals surface area (Å²) in [6.07, 6.45) is 1.73. The minimum absolute atomic E-state index is 0.709. The number of hydrogen-bond acceptors (Lipinski definition) is 2. The molecule has 0 fully saturated rings. The number of para-hydroxylation sites is 1. The van der Waals surface area contributed by atoms with Gasteiger partial charge in [0.25, 0.3) is 0 Å². The van der Waals surface area contributed by atoms with Crippen molar-refractivity contribution < 1.29 is 5.21 Å². The highest BCUT2D eigenvalue weighted by molar-refractivity contribution is 5.91. The predicted molar refractivity (Wildman–Crippen MR) is 43.7 cm³/mol. The van der Waals surface area contributed by atoms with E-state index in [2.05, 4.69) is 10.5 Å². The van der Waals surface area contributed by atoms with Crippen LogP contribution in [0.15, 0.2) is 30.5 Å². The molecule has 0 aliphatic rings. The zero-order chi connectivity index (χ0) is 7.68. The molecule has 1 heterocycles. The number of anilines is 1. The average molecular weight is 148 g/mol. The lowest BCUT2D eigenvalue weighted by Crippen LogP contribution is -1.85. The highest BCUT2D eigenvalue weighted by atomic mass is 16.5. The molecule has 3 N–H and O–H groups in total. The molecule has 0 saturated carbocycles. The number of fused-ring (bicyclic) bond motifs is 1. The molecule has 11 heavy (non-hydrogen) atoms. The van der Waals surface area contributed by atoms with Crippen molar-refractivity contribution in [2.24, 2.45) is 0 Å². The molecular weight excluding hydrogens is 140 g/mol. The summed E-state index contributed by atoms with van der Waals surface area (Å²) in [6.45, 7) is 0. The van der Waals surface area contributed by atoms with Gasteiger partial charge in [-0.1, -0.05) is 18.2 Å². The largest absolute Gasteiger partial charge is 0.359 e. The molecule has 0 atom stereocenters. The van der Waals surface area contributed by atoms with Crippen LogP contribution in [0.5, 0.6) is 0 Å². The molecule has 0 amide bonds. The summed E-state index contributed by atoms with van der Waals surface area (Å²) in [5, 5.41) is 9.65. The topological polar surface area (TPSA) is 48.0 Å². The normalized spacial score (nSPS) is 10.3. The average Bonchev–Trinajstić information content (AvgIpc) is 2.47. The van der Waals surface area contributed by atoms with Crippen molar-refractivity contribution in [2.45, 2.75) is 0 Å². The van der Waals surface area contributed by atoms with Crippen molar-refractivity contribution in [3.05, 3.63) is 30.5 Å². The molecular formula is C8H8N2O. The number of rotatable bonds is 1. The van der Waals surface area contributed by atoms with E-state index in [4.69, 9.17) is 5.21 Å². The smallest absolute Gasteiger partial charge is 0.0855 e. The van der Waals surface area contributed by atoms with E-state index in [-0.39, 0.29) is 0 Å². The first-order valence-corrected chi connectivity index (χ1v) is 3.38. The van der Waals surface area contributed by atoms with Gasteiger partial charge < -0.3 is 4.98 Å². The molecule has 1 aromatic heterocycles. The Labute approximate surface area is 63.6 Å². The first-order chi connectivity index (χ1) is 5.42. The fraction of sp³-hybridized carbons (Fsp3) is 0. The van der Waals surface area contributed by atoms with Crippen LogP contribution in [0.25, 0.3) is 10.9 Å². The fourth-order valence-corrected chi connectivity index (χ4v) is 1.16. The minimum atomic E-state index is 0.709. The lowest BCUT2D eigenvalue weighted by molar-refractivity contribution is 0.390. The standard InChI is InChI=1S/C8H8N2O/c11-10-8-5-9-7-4-2-1-3-6(7)8/h1-5,9-11H. The molecule has 0 saturated heterocycles. The van der Waals surface area contributed by atoms with Gasteiger partial charge in [-0.05, 0) is 6.07 Å². The zero-order valence-corrected chi connectivity index (χ0v) is 5.83. The number of nitrogens with one attached hydrogen (secondary N) is 2. The van der Waals surface area contributed by atoms with Gasteiger partial charge >= 0.3 is 0 Å². The third-order valence-electron chi connectivity index (χ3n) is 1.71. The van der Waals surface area contributed by atoms with Crippen molar-refractivity contribution in [3.8, 4) is 0 Å². The van der Waals surface area contributed by atoms with Gasteiger partial charge in [0.05, 0.1) is 5.69 Å². The molecule has 56 valence electrons. The van der Waals surface area contributed by atoms with Crippen LogP contribution >= 0.6 is 0 Å². The second kappa shape index (κ2) is 2.29. The van der Waals surface area contributed by atoms with E-state index in [0.29, 0.717) is 5.69 Å². The number of H-pyrrole nitrogens is 1. The summed E-state index contributed by atoms with van der Waals surface area (Å²) in [5.74, 6) is 0. The van der Waals surface area contributed by atoms with Gasteiger partial charge in [0, 0.05) is 17.1 Å². The Morgan fingerprint density at radius 3 is 2.91 bits per heavy atom. The maximum atomic E-state index is 8.65. The van der Waals surface area contributed by atoms with Crippen molar-refractivity contribution >= 4 is 16.6 Å². The molecule has 0 radical (unpaired) electrons. The second-order valence-corrected chi connectivity index (χ2v) is 2.36. The Hall–Kier alpha value is -1.48. The Bertz CT molecular complexity index is 367. The number of aromatic nitrogens is 1. The van der Waals surface area contributed by atoms with E-state index in [1.165, 1.54) is 0 Å². The molecule has 3 nitrogen and oxygen atoms in total. The van der Waals surface area contributed by atoms with E-state index in [1.807, 2.05) is 24.3 Å². The van der Waals surface area contributed by atoms with Crippen molar-refractivity contribution in [1.29, 1.82) is 0 Å². The monoisotopic (exact) mass is 148 g/mol. The van der Waals surface area contributed by atoms with Gasteiger partial charge in [-0.15, -0.1) is 0 Å². The van der Waals surface area contributed by atoms with Crippen LogP contribution in [0.3, 0.4) is 0 Å². The van der Waals surface area contributed by atoms with Crippen molar-refractivity contribution in [2.75, 3.05) is 5.48 Å². The van der Waals surface area contributed by atoms with Crippen molar-refractivity contribution in [1.82, 2.24) is 4.98 Å². The highest BCUT2D eigenvalue weighted by Crippen LogP contribution is 2.21. The van der Waals surface area contributed by atoms with Crippen LogP contribution in [0, 0.1) is 0 Å². The lowest BCUT2D eigenvalue weighted by Gasteiger charge is -1.92. The molecule has 0 bridgehead atoms. The fourth-order valence-electron chi connectivity index (χ4n) is 1.16. The number of benzene rings is 1. The molecule has 0 aliphatic heterocycles. The second-order valence-electron chi connectivity index (χ2n) is 2.36. The van der Waals surface area contributed by atoms with Crippen LogP contribution in [0.2, 0.25) is 0 Å². The van der Waals surface area contributed by atoms with Gasteiger partial charge in [0.1, 0.15) is 0 Å². The van der Waals surface area contributed by atoms with Gasteiger partial charge in [-0.3, -0.25) is 10.7 Å². The predicted octanol–water partition coefficient (Wildman–Crippen LogP) is 1.97. The number of aromatic amines is 1. The van der Waals surface area contributed by atoms with Gasteiger partial charge in [0.2, 0.25) is 0 Å². The van der Waals surface area contributed by atoms with E-state index < -0.39 is 0 Å². The Morgan fingerprint density at radius 1 is 1.27 bits per heavy atom. The molecule has 0 aliphatic carbocycles. The summed E-state index contributed by atoms with van der Waals surface area (Å²) in [7, 11) is 0. The van der Waals surface area contributed by atoms with E-state index in [0.717, 1.165) is 10.9 Å². The first kappa shape index (κ1) is 6.24. The van der Waals surface area contributed by atoms with Gasteiger partial charge in [-0.25, -0.2) is 0 Å². The van der Waals surface area contributed by atoms with Crippen LogP contribution in [-0.2, 0) is 0 Å². The van der Waals surface area contributed by atoms with Crippen LogP contribution in [0.4, 0.5) is 5.69 Å². The summed E-state index contributed by atoms with van der Waals surface area (Å²) in [6, 6.07) is 7.76. The Balaban J connectivity index is 2.76. The summed E-state index contributed by atoms with van der Waals surface area (Å²) < 4.78 is 0. The number of hydrogen-bond donors (Lipinski definition) is 3. The van der Waals surface area contributed by atoms with Crippen LogP contribution in [-0.4, -0.2) is 10.2 Å². The van der Waals surface area contributed by atoms with E-state index in [1.54, 1.807) is 6.20 Å². The summed E-state index contributed by atoms with van der Waals surface area (Å²) in [5.41, 5.74) is 3.85. The molecule has 0 unspecified atom stereocenters. The maximum Gasteiger partial charge on any atom is 0.0855 e. The zero-order valence-electron chi connectivity index (χ0n) is 5.83. The minimum Gasteiger partial charge on any atom is -0.359 e. The highest BCUT2D eigenvalue weighted by Gasteiger charge is 1.98. The third-order valence-corrected chi connectivity index (χ3v) is 1.71.